The average Bonchev–Trinajstić information content (AvgIpc) is 2.37. The molecule has 0 aromatic heterocycles. The Hall–Kier alpha value is -0.390. The Morgan fingerprint density at radius 2 is 2.21 bits per heavy atom. The van der Waals surface area contributed by atoms with E-state index in [0.29, 0.717) is 4.90 Å². The van der Waals surface area contributed by atoms with Crippen molar-refractivity contribution in [3.05, 3.63) is 28.2 Å². The molecule has 0 amide bonds. The number of hydrogen-bond donors (Lipinski definition) is 1. The zero-order valence-electron chi connectivity index (χ0n) is 7.62. The molecule has 14 heavy (non-hydrogen) atoms. The minimum Gasteiger partial charge on any atom is -0.207 e. The van der Waals surface area contributed by atoms with E-state index in [1.807, 2.05) is 13.0 Å². The lowest BCUT2D eigenvalue weighted by Crippen LogP contribution is -2.18. The lowest BCUT2D eigenvalue weighted by molar-refractivity contribution is 0.571. The molecule has 1 heterocycles. The van der Waals surface area contributed by atoms with Crippen LogP contribution in [0.4, 0.5) is 0 Å². The van der Waals surface area contributed by atoms with Gasteiger partial charge in [0.15, 0.2) is 0 Å². The molecule has 1 aliphatic rings. The molecule has 5 heteroatoms. The van der Waals surface area contributed by atoms with E-state index in [2.05, 4.69) is 20.7 Å². The van der Waals surface area contributed by atoms with Crippen LogP contribution < -0.4 is 4.72 Å². The van der Waals surface area contributed by atoms with E-state index in [9.17, 15) is 8.42 Å². The van der Waals surface area contributed by atoms with Crippen LogP contribution in [0.5, 0.6) is 0 Å². The van der Waals surface area contributed by atoms with Gasteiger partial charge in [-0.15, -0.1) is 0 Å². The molecule has 1 atom stereocenters. The predicted octanol–water partition coefficient (Wildman–Crippen LogP) is 2.19. The van der Waals surface area contributed by atoms with Crippen LogP contribution in [-0.4, -0.2) is 8.42 Å². The van der Waals surface area contributed by atoms with Gasteiger partial charge in [-0.1, -0.05) is 22.9 Å². The fourth-order valence-corrected chi connectivity index (χ4v) is 3.59. The zero-order chi connectivity index (χ0) is 10.3. The van der Waals surface area contributed by atoms with Crippen molar-refractivity contribution in [2.75, 3.05) is 0 Å². The summed E-state index contributed by atoms with van der Waals surface area (Å²) in [5.74, 6) is 0. The molecule has 0 radical (unpaired) electrons. The van der Waals surface area contributed by atoms with Crippen molar-refractivity contribution in [1.29, 1.82) is 0 Å². The summed E-state index contributed by atoms with van der Waals surface area (Å²) in [6.45, 7) is 1.96. The summed E-state index contributed by atoms with van der Waals surface area (Å²) in [6, 6.07) is 5.17. The second kappa shape index (κ2) is 3.32. The molecular weight excluding hydrogens is 266 g/mol. The first-order valence-corrected chi connectivity index (χ1v) is 6.64. The SMILES string of the molecule is CCC1NS(=O)(=O)c2ccc(Br)cc21. The highest BCUT2D eigenvalue weighted by Gasteiger charge is 2.32. The van der Waals surface area contributed by atoms with Crippen LogP contribution in [0.2, 0.25) is 0 Å². The van der Waals surface area contributed by atoms with Crippen molar-refractivity contribution >= 4 is 26.0 Å². The third kappa shape index (κ3) is 1.49. The van der Waals surface area contributed by atoms with Crippen molar-refractivity contribution in [3.8, 4) is 0 Å². The number of fused-ring (bicyclic) bond motifs is 1. The van der Waals surface area contributed by atoms with Gasteiger partial charge in [0.25, 0.3) is 0 Å². The molecule has 1 aromatic rings. The van der Waals surface area contributed by atoms with E-state index in [0.717, 1.165) is 16.5 Å². The van der Waals surface area contributed by atoms with E-state index >= 15 is 0 Å². The van der Waals surface area contributed by atoms with Crippen LogP contribution in [0.15, 0.2) is 27.6 Å². The van der Waals surface area contributed by atoms with Crippen LogP contribution in [-0.2, 0) is 10.0 Å². The van der Waals surface area contributed by atoms with E-state index in [4.69, 9.17) is 0 Å². The zero-order valence-corrected chi connectivity index (χ0v) is 10.0. The third-order valence-corrected chi connectivity index (χ3v) is 4.38. The minimum atomic E-state index is -3.25. The van der Waals surface area contributed by atoms with Crippen molar-refractivity contribution in [1.82, 2.24) is 4.72 Å². The van der Waals surface area contributed by atoms with Gasteiger partial charge in [0.1, 0.15) is 0 Å². The molecule has 76 valence electrons. The molecule has 2 rings (SSSR count). The Morgan fingerprint density at radius 1 is 1.50 bits per heavy atom. The van der Waals surface area contributed by atoms with Gasteiger partial charge in [-0.05, 0) is 30.2 Å². The minimum absolute atomic E-state index is 0.0764. The van der Waals surface area contributed by atoms with Crippen LogP contribution in [0.1, 0.15) is 24.9 Å². The lowest BCUT2D eigenvalue weighted by Gasteiger charge is -2.05. The summed E-state index contributed by atoms with van der Waals surface area (Å²) in [5, 5.41) is 0. The van der Waals surface area contributed by atoms with E-state index in [-0.39, 0.29) is 6.04 Å². The van der Waals surface area contributed by atoms with Crippen LogP contribution >= 0.6 is 15.9 Å². The normalized spacial score (nSPS) is 23.4. The quantitative estimate of drug-likeness (QED) is 0.854. The highest BCUT2D eigenvalue weighted by molar-refractivity contribution is 9.10. The van der Waals surface area contributed by atoms with Crippen molar-refractivity contribution in [2.24, 2.45) is 0 Å². The molecule has 0 aliphatic carbocycles. The summed E-state index contributed by atoms with van der Waals surface area (Å²) < 4.78 is 26.7. The van der Waals surface area contributed by atoms with Crippen LogP contribution in [0.25, 0.3) is 0 Å². The van der Waals surface area contributed by atoms with Gasteiger partial charge in [-0.3, -0.25) is 0 Å². The topological polar surface area (TPSA) is 46.2 Å². The summed E-state index contributed by atoms with van der Waals surface area (Å²) >= 11 is 3.34. The molecule has 1 aromatic carbocycles. The molecule has 1 aliphatic heterocycles. The molecular formula is C9H10BrNO2S. The molecule has 0 spiro atoms. The fourth-order valence-electron chi connectivity index (χ4n) is 1.65. The van der Waals surface area contributed by atoms with Gasteiger partial charge in [0.2, 0.25) is 10.0 Å². The van der Waals surface area contributed by atoms with Crippen molar-refractivity contribution < 1.29 is 8.42 Å². The number of halogens is 1. The second-order valence-corrected chi connectivity index (χ2v) is 5.86. The Kier molecular flexibility index (Phi) is 2.41. The maximum absolute atomic E-state index is 11.6. The fraction of sp³-hybridized carbons (Fsp3) is 0.333. The number of nitrogens with one attached hydrogen (secondary N) is 1. The van der Waals surface area contributed by atoms with Gasteiger partial charge in [-0.25, -0.2) is 13.1 Å². The predicted molar refractivity (Wildman–Crippen MR) is 57.5 cm³/mol. The lowest BCUT2D eigenvalue weighted by atomic mass is 10.1. The van der Waals surface area contributed by atoms with Gasteiger partial charge < -0.3 is 0 Å². The highest BCUT2D eigenvalue weighted by atomic mass is 79.9. The molecule has 0 bridgehead atoms. The maximum Gasteiger partial charge on any atom is 0.241 e. The molecule has 3 nitrogen and oxygen atoms in total. The maximum atomic E-state index is 11.6. The monoisotopic (exact) mass is 275 g/mol. The number of sulfonamides is 1. The van der Waals surface area contributed by atoms with Gasteiger partial charge in [-0.2, -0.15) is 0 Å². The summed E-state index contributed by atoms with van der Waals surface area (Å²) in [4.78, 5) is 0.410. The first kappa shape index (κ1) is 10.1. The molecule has 0 fully saturated rings. The van der Waals surface area contributed by atoms with Crippen molar-refractivity contribution in [2.45, 2.75) is 24.3 Å². The Balaban J connectivity index is 2.65. The molecule has 0 saturated carbocycles. The largest absolute Gasteiger partial charge is 0.241 e. The first-order valence-electron chi connectivity index (χ1n) is 4.36. The Bertz CT molecular complexity index is 470. The van der Waals surface area contributed by atoms with Gasteiger partial charge >= 0.3 is 0 Å². The van der Waals surface area contributed by atoms with Gasteiger partial charge in [0.05, 0.1) is 4.90 Å². The molecule has 1 unspecified atom stereocenters. The van der Waals surface area contributed by atoms with E-state index in [1.165, 1.54) is 0 Å². The van der Waals surface area contributed by atoms with E-state index in [1.54, 1.807) is 12.1 Å². The second-order valence-electron chi connectivity index (χ2n) is 3.26. The molecule has 0 saturated heterocycles. The van der Waals surface area contributed by atoms with Crippen molar-refractivity contribution in [3.63, 3.8) is 0 Å². The third-order valence-electron chi connectivity index (χ3n) is 2.34. The highest BCUT2D eigenvalue weighted by Crippen LogP contribution is 2.34. The van der Waals surface area contributed by atoms with Crippen LogP contribution in [0, 0.1) is 0 Å². The molecule has 1 N–H and O–H groups in total. The standard InChI is InChI=1S/C9H10BrNO2S/c1-2-8-7-5-6(10)3-4-9(7)14(12,13)11-8/h3-5,8,11H,2H2,1H3. The Morgan fingerprint density at radius 3 is 2.86 bits per heavy atom. The smallest absolute Gasteiger partial charge is 0.207 e. The number of rotatable bonds is 1. The summed E-state index contributed by atoms with van der Waals surface area (Å²) in [5.41, 5.74) is 0.863. The van der Waals surface area contributed by atoms with Crippen LogP contribution in [0.3, 0.4) is 0 Å². The number of benzene rings is 1. The Labute approximate surface area is 91.7 Å². The summed E-state index contributed by atoms with van der Waals surface area (Å²) in [7, 11) is -3.25. The average molecular weight is 276 g/mol. The first-order chi connectivity index (χ1) is 6.54. The summed E-state index contributed by atoms with van der Waals surface area (Å²) in [6.07, 6.45) is 0.767. The van der Waals surface area contributed by atoms with Gasteiger partial charge in [0, 0.05) is 10.5 Å². The number of hydrogen-bond acceptors (Lipinski definition) is 2. The van der Waals surface area contributed by atoms with E-state index < -0.39 is 10.0 Å².